The minimum atomic E-state index is -0.102. The molecule has 5 nitrogen and oxygen atoms in total. The van der Waals surface area contributed by atoms with Crippen LogP contribution in [0.4, 0.5) is 0 Å². The van der Waals surface area contributed by atoms with Gasteiger partial charge in [0, 0.05) is 0 Å². The first kappa shape index (κ1) is 14.7. The second-order valence-corrected chi connectivity index (χ2v) is 6.01. The van der Waals surface area contributed by atoms with Gasteiger partial charge in [-0.1, -0.05) is 36.4 Å². The molecule has 0 fully saturated rings. The summed E-state index contributed by atoms with van der Waals surface area (Å²) in [6, 6.07) is 13.6. The SMILES string of the molecule is O=C(NCc1n[nH]c(=S)n1Cc1ccccc1)c1cccs1. The van der Waals surface area contributed by atoms with Gasteiger partial charge < -0.3 is 5.32 Å². The molecule has 0 bridgehead atoms. The Kier molecular flexibility index (Phi) is 4.45. The predicted octanol–water partition coefficient (Wildman–Crippen LogP) is 2.98. The minimum absolute atomic E-state index is 0.102. The maximum atomic E-state index is 12.0. The molecule has 0 aliphatic heterocycles. The molecular formula is C15H14N4OS2. The van der Waals surface area contributed by atoms with Crippen molar-refractivity contribution in [2.75, 3.05) is 0 Å². The first-order chi connectivity index (χ1) is 10.7. The summed E-state index contributed by atoms with van der Waals surface area (Å²) in [6.45, 7) is 0.955. The van der Waals surface area contributed by atoms with E-state index in [1.807, 2.05) is 46.3 Å². The fourth-order valence-electron chi connectivity index (χ4n) is 2.07. The van der Waals surface area contributed by atoms with Gasteiger partial charge in [0.2, 0.25) is 0 Å². The first-order valence-electron chi connectivity index (χ1n) is 6.74. The molecule has 1 aromatic carbocycles. The average Bonchev–Trinajstić information content (AvgIpc) is 3.18. The average molecular weight is 330 g/mol. The van der Waals surface area contributed by atoms with Crippen LogP contribution >= 0.6 is 23.6 Å². The van der Waals surface area contributed by atoms with Gasteiger partial charge in [-0.05, 0) is 29.2 Å². The van der Waals surface area contributed by atoms with Crippen LogP contribution in [0, 0.1) is 4.77 Å². The van der Waals surface area contributed by atoms with Gasteiger partial charge in [0.05, 0.1) is 18.0 Å². The highest BCUT2D eigenvalue weighted by atomic mass is 32.1. The van der Waals surface area contributed by atoms with E-state index in [-0.39, 0.29) is 5.91 Å². The number of aromatic nitrogens is 3. The van der Waals surface area contributed by atoms with Crippen LogP contribution in [0.15, 0.2) is 47.8 Å². The number of nitrogens with zero attached hydrogens (tertiary/aromatic N) is 2. The molecule has 3 aromatic rings. The summed E-state index contributed by atoms with van der Waals surface area (Å²) in [5, 5.41) is 11.7. The Balaban J connectivity index is 1.72. The second-order valence-electron chi connectivity index (χ2n) is 4.68. The number of H-pyrrole nitrogens is 1. The van der Waals surface area contributed by atoms with Crippen molar-refractivity contribution in [1.82, 2.24) is 20.1 Å². The van der Waals surface area contributed by atoms with Gasteiger partial charge in [-0.3, -0.25) is 14.5 Å². The van der Waals surface area contributed by atoms with Gasteiger partial charge in [-0.25, -0.2) is 0 Å². The van der Waals surface area contributed by atoms with Crippen LogP contribution < -0.4 is 5.32 Å². The van der Waals surface area contributed by atoms with Crippen molar-refractivity contribution in [3.8, 4) is 0 Å². The van der Waals surface area contributed by atoms with Crippen LogP contribution in [-0.4, -0.2) is 20.7 Å². The topological polar surface area (TPSA) is 62.7 Å². The molecule has 0 radical (unpaired) electrons. The minimum Gasteiger partial charge on any atom is -0.344 e. The highest BCUT2D eigenvalue weighted by Crippen LogP contribution is 2.09. The number of hydrogen-bond acceptors (Lipinski definition) is 4. The number of rotatable bonds is 5. The molecule has 0 aliphatic carbocycles. The van der Waals surface area contributed by atoms with E-state index in [2.05, 4.69) is 15.5 Å². The lowest BCUT2D eigenvalue weighted by Gasteiger charge is -2.07. The molecule has 112 valence electrons. The summed E-state index contributed by atoms with van der Waals surface area (Å²) in [5.74, 6) is 0.605. The van der Waals surface area contributed by atoms with Gasteiger partial charge in [-0.2, -0.15) is 5.10 Å². The third-order valence-electron chi connectivity index (χ3n) is 3.17. The van der Waals surface area contributed by atoms with E-state index in [9.17, 15) is 4.79 Å². The lowest BCUT2D eigenvalue weighted by atomic mass is 10.2. The molecule has 0 unspecified atom stereocenters. The van der Waals surface area contributed by atoms with Crippen LogP contribution in [-0.2, 0) is 13.1 Å². The van der Waals surface area contributed by atoms with E-state index in [0.29, 0.717) is 28.6 Å². The van der Waals surface area contributed by atoms with E-state index < -0.39 is 0 Å². The third kappa shape index (κ3) is 3.32. The fourth-order valence-corrected chi connectivity index (χ4v) is 2.92. The summed E-state index contributed by atoms with van der Waals surface area (Å²) >= 11 is 6.68. The molecule has 0 atom stereocenters. The van der Waals surface area contributed by atoms with Crippen molar-refractivity contribution in [2.45, 2.75) is 13.1 Å². The summed E-state index contributed by atoms with van der Waals surface area (Å²) in [5.41, 5.74) is 1.13. The monoisotopic (exact) mass is 330 g/mol. The van der Waals surface area contributed by atoms with Crippen molar-refractivity contribution in [2.24, 2.45) is 0 Å². The Labute approximate surface area is 136 Å². The number of thiophene rings is 1. The van der Waals surface area contributed by atoms with Crippen molar-refractivity contribution in [1.29, 1.82) is 0 Å². The fraction of sp³-hybridized carbons (Fsp3) is 0.133. The van der Waals surface area contributed by atoms with Crippen molar-refractivity contribution in [3.05, 3.63) is 68.9 Å². The number of hydrogen-bond donors (Lipinski definition) is 2. The van der Waals surface area contributed by atoms with Gasteiger partial charge in [0.1, 0.15) is 0 Å². The van der Waals surface area contributed by atoms with Gasteiger partial charge in [-0.15, -0.1) is 11.3 Å². The summed E-state index contributed by atoms with van der Waals surface area (Å²) < 4.78 is 2.43. The normalized spacial score (nSPS) is 10.5. The third-order valence-corrected chi connectivity index (χ3v) is 4.35. The quantitative estimate of drug-likeness (QED) is 0.707. The lowest BCUT2D eigenvalue weighted by Crippen LogP contribution is -2.24. The van der Waals surface area contributed by atoms with E-state index in [1.165, 1.54) is 11.3 Å². The van der Waals surface area contributed by atoms with Crippen molar-refractivity contribution >= 4 is 29.5 Å². The van der Waals surface area contributed by atoms with Gasteiger partial charge in [0.25, 0.3) is 5.91 Å². The zero-order chi connectivity index (χ0) is 15.4. The number of carbonyl (C=O) groups is 1. The standard InChI is InChI=1S/C15H14N4OS2/c20-14(12-7-4-8-22-12)16-9-13-17-18-15(21)19(13)10-11-5-2-1-3-6-11/h1-8H,9-10H2,(H,16,20)(H,18,21). The van der Waals surface area contributed by atoms with Gasteiger partial charge in [0.15, 0.2) is 10.6 Å². The molecule has 7 heteroatoms. The maximum absolute atomic E-state index is 12.0. The predicted molar refractivity (Wildman–Crippen MR) is 88.4 cm³/mol. The van der Waals surface area contributed by atoms with E-state index in [1.54, 1.807) is 6.07 Å². The van der Waals surface area contributed by atoms with Crippen LogP contribution in [0.25, 0.3) is 0 Å². The highest BCUT2D eigenvalue weighted by molar-refractivity contribution is 7.71. The molecule has 2 N–H and O–H groups in total. The molecule has 0 aliphatic rings. The molecule has 1 amide bonds. The Morgan fingerprint density at radius 3 is 2.82 bits per heavy atom. The molecule has 0 spiro atoms. The van der Waals surface area contributed by atoms with Crippen molar-refractivity contribution in [3.63, 3.8) is 0 Å². The molecule has 2 heterocycles. The molecule has 22 heavy (non-hydrogen) atoms. The number of carbonyl (C=O) groups excluding carboxylic acids is 1. The Morgan fingerprint density at radius 2 is 2.09 bits per heavy atom. The first-order valence-corrected chi connectivity index (χ1v) is 8.02. The number of benzene rings is 1. The van der Waals surface area contributed by atoms with Crippen molar-refractivity contribution < 1.29 is 4.79 Å². The van der Waals surface area contributed by atoms with E-state index in [0.717, 1.165) is 5.56 Å². The highest BCUT2D eigenvalue weighted by Gasteiger charge is 2.10. The molecular weight excluding hydrogens is 316 g/mol. The van der Waals surface area contributed by atoms with Crippen LogP contribution in [0.1, 0.15) is 21.1 Å². The maximum Gasteiger partial charge on any atom is 0.261 e. The van der Waals surface area contributed by atoms with Crippen LogP contribution in [0.5, 0.6) is 0 Å². The largest absolute Gasteiger partial charge is 0.344 e. The van der Waals surface area contributed by atoms with E-state index >= 15 is 0 Å². The Morgan fingerprint density at radius 1 is 1.27 bits per heavy atom. The summed E-state index contributed by atoms with van der Waals surface area (Å²) in [7, 11) is 0. The number of aromatic amines is 1. The summed E-state index contributed by atoms with van der Waals surface area (Å²) in [4.78, 5) is 12.7. The number of amides is 1. The molecule has 0 saturated carbocycles. The molecule has 2 aromatic heterocycles. The number of nitrogens with one attached hydrogen (secondary N) is 2. The lowest BCUT2D eigenvalue weighted by molar-refractivity contribution is 0.0953. The Bertz CT molecular complexity index is 806. The van der Waals surface area contributed by atoms with Gasteiger partial charge >= 0.3 is 0 Å². The molecule has 3 rings (SSSR count). The second kappa shape index (κ2) is 6.67. The zero-order valence-corrected chi connectivity index (χ0v) is 13.3. The summed E-state index contributed by atoms with van der Waals surface area (Å²) in [6.07, 6.45) is 0. The molecule has 0 saturated heterocycles. The van der Waals surface area contributed by atoms with E-state index in [4.69, 9.17) is 12.2 Å². The van der Waals surface area contributed by atoms with Crippen LogP contribution in [0.2, 0.25) is 0 Å². The zero-order valence-electron chi connectivity index (χ0n) is 11.7. The Hall–Kier alpha value is -2.25. The smallest absolute Gasteiger partial charge is 0.261 e. The van der Waals surface area contributed by atoms with Crippen LogP contribution in [0.3, 0.4) is 0 Å².